The molecule has 4 aromatic carbocycles. The third kappa shape index (κ3) is 4.66. The van der Waals surface area contributed by atoms with E-state index >= 15 is 0 Å². The van der Waals surface area contributed by atoms with Crippen molar-refractivity contribution in [2.75, 3.05) is 7.11 Å². The predicted octanol–water partition coefficient (Wildman–Crippen LogP) is 6.81. The van der Waals surface area contributed by atoms with E-state index < -0.39 is 0 Å². The number of thioether (sulfide) groups is 1. The molecule has 7 heteroatoms. The molecule has 37 heavy (non-hydrogen) atoms. The van der Waals surface area contributed by atoms with Crippen LogP contribution in [0, 0.1) is 5.82 Å². The topological polar surface area (TPSA) is 54.3 Å². The van der Waals surface area contributed by atoms with Crippen LogP contribution in [0.5, 0.6) is 5.75 Å². The summed E-state index contributed by atoms with van der Waals surface area (Å²) in [5.74, 6) is 0.128. The van der Waals surface area contributed by atoms with Gasteiger partial charge in [0.25, 0.3) is 5.91 Å². The lowest BCUT2D eigenvalue weighted by molar-refractivity contribution is -0.113. The van der Waals surface area contributed by atoms with Gasteiger partial charge in [-0.05, 0) is 75.6 Å². The van der Waals surface area contributed by atoms with Gasteiger partial charge in [-0.15, -0.1) is 0 Å². The van der Waals surface area contributed by atoms with Crippen LogP contribution in [0.2, 0.25) is 0 Å². The average molecular weight is 508 g/mol. The minimum Gasteiger partial charge on any atom is -0.497 e. The second kappa shape index (κ2) is 9.67. The Labute approximate surface area is 218 Å². The summed E-state index contributed by atoms with van der Waals surface area (Å²) in [6.45, 7) is 0. The zero-order chi connectivity index (χ0) is 25.4. The first-order valence-electron chi connectivity index (χ1n) is 11.9. The van der Waals surface area contributed by atoms with E-state index in [-0.39, 0.29) is 17.8 Å². The number of carbonyl (C=O) groups excluding carboxylic acids is 1. The fourth-order valence-corrected chi connectivity index (χ4v) is 5.44. The van der Waals surface area contributed by atoms with E-state index in [4.69, 9.17) is 9.84 Å². The van der Waals surface area contributed by atoms with Crippen molar-refractivity contribution in [1.82, 2.24) is 5.01 Å². The molecule has 0 radical (unpaired) electrons. The van der Waals surface area contributed by atoms with Gasteiger partial charge in [0.15, 0.2) is 5.17 Å². The Morgan fingerprint density at radius 2 is 1.73 bits per heavy atom. The molecule has 0 saturated heterocycles. The molecule has 1 amide bonds. The zero-order valence-electron chi connectivity index (χ0n) is 20.0. The second-order valence-corrected chi connectivity index (χ2v) is 9.82. The predicted molar refractivity (Wildman–Crippen MR) is 147 cm³/mol. The number of halogens is 1. The van der Waals surface area contributed by atoms with Crippen LogP contribution in [0.4, 0.5) is 4.39 Å². The molecule has 0 spiro atoms. The molecule has 0 fully saturated rings. The van der Waals surface area contributed by atoms with Crippen LogP contribution < -0.4 is 4.74 Å². The number of hydrogen-bond acceptors (Lipinski definition) is 5. The van der Waals surface area contributed by atoms with E-state index in [0.717, 1.165) is 33.5 Å². The maximum atomic E-state index is 13.3. The molecule has 2 heterocycles. The van der Waals surface area contributed by atoms with E-state index in [0.29, 0.717) is 16.5 Å². The van der Waals surface area contributed by atoms with Gasteiger partial charge >= 0.3 is 0 Å². The number of hydrazone groups is 1. The number of ether oxygens (including phenoxy) is 1. The van der Waals surface area contributed by atoms with Crippen molar-refractivity contribution in [1.29, 1.82) is 0 Å². The highest BCUT2D eigenvalue weighted by Gasteiger charge is 2.36. The van der Waals surface area contributed by atoms with Gasteiger partial charge < -0.3 is 4.74 Å². The SMILES string of the molecule is COc1ccc(C2CC(c3ccc4ccccc4c3)=NN2C2=NC(=O)/C(=C/c3ccc(F)cc3)S2)cc1. The first-order chi connectivity index (χ1) is 18.1. The van der Waals surface area contributed by atoms with Gasteiger partial charge in [0.2, 0.25) is 0 Å². The van der Waals surface area contributed by atoms with Crippen LogP contribution in [0.1, 0.15) is 29.2 Å². The fraction of sp³-hybridized carbons (Fsp3) is 0.100. The minimum atomic E-state index is -0.327. The Morgan fingerprint density at radius 1 is 0.973 bits per heavy atom. The van der Waals surface area contributed by atoms with Gasteiger partial charge in [-0.25, -0.2) is 9.40 Å². The van der Waals surface area contributed by atoms with Crippen LogP contribution in [-0.2, 0) is 4.79 Å². The molecular formula is C30H22FN3O2S. The van der Waals surface area contributed by atoms with E-state index in [1.807, 2.05) is 41.4 Å². The van der Waals surface area contributed by atoms with Gasteiger partial charge in [0, 0.05) is 6.42 Å². The minimum absolute atomic E-state index is 0.128. The number of amides is 1. The van der Waals surface area contributed by atoms with Gasteiger partial charge in [-0.3, -0.25) is 4.79 Å². The summed E-state index contributed by atoms with van der Waals surface area (Å²) < 4.78 is 18.6. The van der Waals surface area contributed by atoms with Gasteiger partial charge in [-0.2, -0.15) is 10.1 Å². The van der Waals surface area contributed by atoms with Crippen molar-refractivity contribution in [3.05, 3.63) is 118 Å². The van der Waals surface area contributed by atoms with Crippen molar-refractivity contribution in [2.45, 2.75) is 12.5 Å². The first kappa shape index (κ1) is 23.2. The summed E-state index contributed by atoms with van der Waals surface area (Å²) in [5, 5.41) is 9.66. The third-order valence-corrected chi connectivity index (χ3v) is 7.44. The van der Waals surface area contributed by atoms with Crippen molar-refractivity contribution < 1.29 is 13.9 Å². The smallest absolute Gasteiger partial charge is 0.286 e. The van der Waals surface area contributed by atoms with Crippen LogP contribution in [0.15, 0.2) is 106 Å². The Morgan fingerprint density at radius 3 is 2.49 bits per heavy atom. The highest BCUT2D eigenvalue weighted by Crippen LogP contribution is 2.40. The van der Waals surface area contributed by atoms with E-state index in [9.17, 15) is 9.18 Å². The number of carbonyl (C=O) groups is 1. The Bertz CT molecular complexity index is 1590. The number of hydrogen-bond donors (Lipinski definition) is 0. The van der Waals surface area contributed by atoms with E-state index in [1.54, 1.807) is 25.3 Å². The van der Waals surface area contributed by atoms with Crippen LogP contribution in [0.3, 0.4) is 0 Å². The molecule has 2 aliphatic rings. The maximum Gasteiger partial charge on any atom is 0.286 e. The van der Waals surface area contributed by atoms with Crippen LogP contribution in [-0.4, -0.2) is 28.9 Å². The quantitative estimate of drug-likeness (QED) is 0.285. The van der Waals surface area contributed by atoms with Gasteiger partial charge in [0.05, 0.1) is 23.8 Å². The molecule has 182 valence electrons. The lowest BCUT2D eigenvalue weighted by atomic mass is 9.97. The molecular weight excluding hydrogens is 485 g/mol. The summed E-state index contributed by atoms with van der Waals surface area (Å²) >= 11 is 1.28. The summed E-state index contributed by atoms with van der Waals surface area (Å²) in [6.07, 6.45) is 2.39. The summed E-state index contributed by atoms with van der Waals surface area (Å²) in [5.41, 5.74) is 3.75. The first-order valence-corrected chi connectivity index (χ1v) is 12.7. The van der Waals surface area contributed by atoms with Gasteiger partial charge in [0.1, 0.15) is 11.6 Å². The summed E-state index contributed by atoms with van der Waals surface area (Å²) in [4.78, 5) is 17.6. The molecule has 4 aromatic rings. The zero-order valence-corrected chi connectivity index (χ0v) is 20.8. The lowest BCUT2D eigenvalue weighted by Gasteiger charge is -2.22. The molecule has 1 unspecified atom stereocenters. The standard InChI is InChI=1S/C30H22FN3O2S/c1-36-25-14-10-21(11-15-25)27-18-26(23-9-8-20-4-2-3-5-22(20)17-23)33-34(27)30-32-29(35)28(37-30)16-19-6-12-24(31)13-7-19/h2-17,27H,18H2,1H3/b28-16-. The molecule has 0 bridgehead atoms. The number of nitrogens with zero attached hydrogens (tertiary/aromatic N) is 3. The average Bonchev–Trinajstić information content (AvgIpc) is 3.53. The van der Waals surface area contributed by atoms with Crippen molar-refractivity contribution in [2.24, 2.45) is 10.1 Å². The molecule has 0 saturated carbocycles. The molecule has 2 aliphatic heterocycles. The van der Waals surface area contributed by atoms with E-state index in [2.05, 4.69) is 35.3 Å². The van der Waals surface area contributed by atoms with Crippen molar-refractivity contribution >= 4 is 45.4 Å². The molecule has 0 aliphatic carbocycles. The number of benzene rings is 4. The third-order valence-electron chi connectivity index (χ3n) is 6.47. The lowest BCUT2D eigenvalue weighted by Crippen LogP contribution is -2.23. The normalized spacial score (nSPS) is 18.4. The largest absolute Gasteiger partial charge is 0.497 e. The number of amidine groups is 1. The maximum absolute atomic E-state index is 13.3. The molecule has 0 N–H and O–H groups in total. The summed E-state index contributed by atoms with van der Waals surface area (Å²) in [6, 6.07) is 28.4. The Balaban J connectivity index is 1.35. The van der Waals surface area contributed by atoms with Crippen molar-refractivity contribution in [3.63, 3.8) is 0 Å². The van der Waals surface area contributed by atoms with Crippen LogP contribution in [0.25, 0.3) is 16.8 Å². The molecule has 1 atom stereocenters. The monoisotopic (exact) mass is 507 g/mol. The summed E-state index contributed by atoms with van der Waals surface area (Å²) in [7, 11) is 1.64. The highest BCUT2D eigenvalue weighted by molar-refractivity contribution is 8.18. The number of fused-ring (bicyclic) bond motifs is 1. The fourth-order valence-electron chi connectivity index (χ4n) is 4.52. The molecule has 0 aromatic heterocycles. The van der Waals surface area contributed by atoms with Gasteiger partial charge in [-0.1, -0.05) is 60.7 Å². The van der Waals surface area contributed by atoms with Crippen LogP contribution >= 0.6 is 11.8 Å². The number of aliphatic imine (C=N–C) groups is 1. The molecule has 6 rings (SSSR count). The number of methoxy groups -OCH3 is 1. The number of rotatable bonds is 4. The Hall–Kier alpha value is -4.23. The Kier molecular flexibility index (Phi) is 6.06. The van der Waals surface area contributed by atoms with E-state index in [1.165, 1.54) is 29.3 Å². The second-order valence-electron chi connectivity index (χ2n) is 8.81. The van der Waals surface area contributed by atoms with Crippen molar-refractivity contribution in [3.8, 4) is 5.75 Å². The molecule has 5 nitrogen and oxygen atoms in total. The highest BCUT2D eigenvalue weighted by atomic mass is 32.2.